The molecule has 0 fully saturated rings. The summed E-state index contributed by atoms with van der Waals surface area (Å²) in [6.45, 7) is 0.675. The van der Waals surface area contributed by atoms with E-state index in [-0.39, 0.29) is 5.57 Å². The van der Waals surface area contributed by atoms with Crippen LogP contribution in [0.3, 0.4) is 0 Å². The molecule has 3 heterocycles. The zero-order valence-electron chi connectivity index (χ0n) is 17.1. The molecule has 0 saturated heterocycles. The van der Waals surface area contributed by atoms with Crippen molar-refractivity contribution in [1.29, 1.82) is 0 Å². The molecule has 2 amide bonds. The van der Waals surface area contributed by atoms with Gasteiger partial charge in [0.15, 0.2) is 0 Å². The molecule has 1 aliphatic rings. The Morgan fingerprint density at radius 2 is 1.65 bits per heavy atom. The number of hydrogen-bond acceptors (Lipinski definition) is 4. The zero-order chi connectivity index (χ0) is 21.4. The van der Waals surface area contributed by atoms with Gasteiger partial charge >= 0.3 is 0 Å². The van der Waals surface area contributed by atoms with Gasteiger partial charge in [-0.25, -0.2) is 0 Å². The number of aryl methyl sites for hydroxylation is 3. The molecule has 2 aromatic heterocycles. The Morgan fingerprint density at radius 1 is 0.903 bits per heavy atom. The molecule has 0 bridgehead atoms. The van der Waals surface area contributed by atoms with Crippen molar-refractivity contribution in [1.82, 2.24) is 24.9 Å². The Kier molecular flexibility index (Phi) is 4.71. The topological polar surface area (TPSA) is 81.8 Å². The van der Waals surface area contributed by atoms with Crippen molar-refractivity contribution in [2.75, 3.05) is 0 Å². The van der Waals surface area contributed by atoms with Crippen LogP contribution in [0.4, 0.5) is 0 Å². The molecular formula is C24H21N5O2. The van der Waals surface area contributed by atoms with E-state index in [1.165, 1.54) is 5.56 Å². The van der Waals surface area contributed by atoms with Crippen LogP contribution in [0.15, 0.2) is 67.0 Å². The predicted octanol–water partition coefficient (Wildman–Crippen LogP) is 2.97. The largest absolute Gasteiger partial charge is 0.350 e. The summed E-state index contributed by atoms with van der Waals surface area (Å²) >= 11 is 0. The van der Waals surface area contributed by atoms with E-state index in [2.05, 4.69) is 27.8 Å². The molecule has 0 aliphatic carbocycles. The quantitative estimate of drug-likeness (QED) is 0.495. The molecule has 4 aromatic rings. The fourth-order valence-electron chi connectivity index (χ4n) is 4.11. The Hall–Kier alpha value is -4.00. The number of para-hydroxylation sites is 1. The summed E-state index contributed by atoms with van der Waals surface area (Å²) in [5.41, 5.74) is 4.00. The summed E-state index contributed by atoms with van der Waals surface area (Å²) in [6, 6.07) is 18.1. The molecule has 154 valence electrons. The van der Waals surface area contributed by atoms with E-state index in [1.807, 2.05) is 60.3 Å². The minimum atomic E-state index is -0.440. The Morgan fingerprint density at radius 3 is 2.48 bits per heavy atom. The number of carbonyl (C=O) groups excluding carboxylic acids is 2. The first-order chi connectivity index (χ1) is 15.1. The molecule has 0 spiro atoms. The number of amides is 2. The molecule has 31 heavy (non-hydrogen) atoms. The highest BCUT2D eigenvalue weighted by atomic mass is 16.2. The number of nitrogens with one attached hydrogen (secondary N) is 1. The summed E-state index contributed by atoms with van der Waals surface area (Å²) in [4.78, 5) is 25.3. The highest BCUT2D eigenvalue weighted by Crippen LogP contribution is 2.34. The summed E-state index contributed by atoms with van der Waals surface area (Å²) in [6.07, 6.45) is 5.44. The molecule has 1 aliphatic heterocycles. The molecule has 0 unspecified atom stereocenters. The highest BCUT2D eigenvalue weighted by molar-refractivity contribution is 6.49. The second kappa shape index (κ2) is 7.68. The zero-order valence-corrected chi connectivity index (χ0v) is 17.1. The maximum absolute atomic E-state index is 12.7. The number of aromatic nitrogens is 4. The van der Waals surface area contributed by atoms with Crippen LogP contribution in [-0.4, -0.2) is 31.4 Å². The lowest BCUT2D eigenvalue weighted by Crippen LogP contribution is -2.22. The number of imide groups is 1. The van der Waals surface area contributed by atoms with Gasteiger partial charge in [-0.3, -0.25) is 19.6 Å². The van der Waals surface area contributed by atoms with Crippen molar-refractivity contribution in [2.45, 2.75) is 19.4 Å². The Bertz CT molecular complexity index is 1330. The van der Waals surface area contributed by atoms with Gasteiger partial charge in [-0.1, -0.05) is 53.7 Å². The minimum absolute atomic E-state index is 0.274. The number of carbonyl (C=O) groups is 2. The summed E-state index contributed by atoms with van der Waals surface area (Å²) < 4.78 is 3.67. The number of benzene rings is 2. The van der Waals surface area contributed by atoms with E-state index in [0.29, 0.717) is 17.8 Å². The van der Waals surface area contributed by atoms with Crippen LogP contribution in [0.1, 0.15) is 23.2 Å². The first-order valence-electron chi connectivity index (χ1n) is 10.2. The van der Waals surface area contributed by atoms with Crippen LogP contribution in [0.5, 0.6) is 0 Å². The second-order valence-corrected chi connectivity index (χ2v) is 7.66. The van der Waals surface area contributed by atoms with Crippen LogP contribution in [0, 0.1) is 0 Å². The third-order valence-electron chi connectivity index (χ3n) is 5.59. The first-order valence-corrected chi connectivity index (χ1v) is 10.2. The van der Waals surface area contributed by atoms with E-state index in [1.54, 1.807) is 10.9 Å². The molecule has 5 rings (SSSR count). The van der Waals surface area contributed by atoms with Crippen molar-refractivity contribution in [2.24, 2.45) is 7.05 Å². The van der Waals surface area contributed by atoms with Gasteiger partial charge in [0, 0.05) is 36.3 Å². The van der Waals surface area contributed by atoms with E-state index in [4.69, 9.17) is 0 Å². The number of rotatable bonds is 6. The second-order valence-electron chi connectivity index (χ2n) is 7.66. The standard InChI is InChI=1S/C24H21N5O2/c1-28-14-18(17-11-5-6-12-20(17)28)21-22(24(31)25-23(21)30)19-15-29(27-26-19)13-7-10-16-8-3-2-4-9-16/h2-6,8-9,11-12,14-15H,7,10,13H2,1H3,(H,25,30,31). The van der Waals surface area contributed by atoms with Crippen LogP contribution in [-0.2, 0) is 29.6 Å². The van der Waals surface area contributed by atoms with Gasteiger partial charge < -0.3 is 4.57 Å². The van der Waals surface area contributed by atoms with Gasteiger partial charge in [-0.2, -0.15) is 0 Å². The molecule has 0 atom stereocenters. The third kappa shape index (κ3) is 3.44. The van der Waals surface area contributed by atoms with Crippen LogP contribution >= 0.6 is 0 Å². The van der Waals surface area contributed by atoms with Crippen LogP contribution < -0.4 is 5.32 Å². The average Bonchev–Trinajstić information content (AvgIpc) is 3.45. The highest BCUT2D eigenvalue weighted by Gasteiger charge is 2.35. The number of hydrogen-bond donors (Lipinski definition) is 1. The summed E-state index contributed by atoms with van der Waals surface area (Å²) in [5.74, 6) is -0.848. The fourth-order valence-corrected chi connectivity index (χ4v) is 4.11. The van der Waals surface area contributed by atoms with E-state index >= 15 is 0 Å². The maximum atomic E-state index is 12.7. The normalized spacial score (nSPS) is 14.0. The van der Waals surface area contributed by atoms with Crippen LogP contribution in [0.25, 0.3) is 22.0 Å². The predicted molar refractivity (Wildman–Crippen MR) is 118 cm³/mol. The lowest BCUT2D eigenvalue weighted by atomic mass is 9.99. The molecule has 0 saturated carbocycles. The molecule has 0 radical (unpaired) electrons. The molecule has 2 aromatic carbocycles. The number of fused-ring (bicyclic) bond motifs is 1. The van der Waals surface area contributed by atoms with Crippen molar-refractivity contribution < 1.29 is 9.59 Å². The van der Waals surface area contributed by atoms with Crippen molar-refractivity contribution in [3.63, 3.8) is 0 Å². The van der Waals surface area contributed by atoms with Gasteiger partial charge in [-0.15, -0.1) is 5.10 Å². The molecular weight excluding hydrogens is 390 g/mol. The smallest absolute Gasteiger partial charge is 0.261 e. The van der Waals surface area contributed by atoms with Gasteiger partial charge in [0.1, 0.15) is 5.69 Å². The summed E-state index contributed by atoms with van der Waals surface area (Å²) in [5, 5.41) is 11.7. The first kappa shape index (κ1) is 19.0. The van der Waals surface area contributed by atoms with E-state index in [9.17, 15) is 9.59 Å². The minimum Gasteiger partial charge on any atom is -0.350 e. The molecule has 7 heteroatoms. The van der Waals surface area contributed by atoms with Crippen molar-refractivity contribution >= 4 is 33.9 Å². The molecule has 1 N–H and O–H groups in total. The van der Waals surface area contributed by atoms with Crippen molar-refractivity contribution in [3.05, 3.63) is 83.8 Å². The van der Waals surface area contributed by atoms with Crippen molar-refractivity contribution in [3.8, 4) is 0 Å². The number of nitrogens with zero attached hydrogens (tertiary/aromatic N) is 4. The Labute approximate surface area is 179 Å². The Balaban J connectivity index is 1.47. The molecule has 7 nitrogen and oxygen atoms in total. The van der Waals surface area contributed by atoms with Crippen LogP contribution in [0.2, 0.25) is 0 Å². The summed E-state index contributed by atoms with van der Waals surface area (Å²) in [7, 11) is 1.92. The maximum Gasteiger partial charge on any atom is 0.261 e. The van der Waals surface area contributed by atoms with Gasteiger partial charge in [0.05, 0.1) is 17.3 Å². The van der Waals surface area contributed by atoms with E-state index in [0.717, 1.165) is 29.3 Å². The SMILES string of the molecule is Cn1cc(C2=C(c3cn(CCCc4ccccc4)nn3)C(=O)NC2=O)c2ccccc21. The van der Waals surface area contributed by atoms with Gasteiger partial charge in [0.25, 0.3) is 11.8 Å². The third-order valence-corrected chi connectivity index (χ3v) is 5.59. The monoisotopic (exact) mass is 411 g/mol. The lowest BCUT2D eigenvalue weighted by Gasteiger charge is -2.02. The van der Waals surface area contributed by atoms with Gasteiger partial charge in [-0.05, 0) is 24.5 Å². The van der Waals surface area contributed by atoms with E-state index < -0.39 is 11.8 Å². The lowest BCUT2D eigenvalue weighted by molar-refractivity contribution is -0.122. The average molecular weight is 411 g/mol. The fraction of sp³-hybridized carbons (Fsp3) is 0.167. The van der Waals surface area contributed by atoms with Gasteiger partial charge in [0.2, 0.25) is 0 Å².